The molecule has 4 aliphatic rings. The molecule has 2 saturated heterocycles. The van der Waals surface area contributed by atoms with E-state index in [-0.39, 0.29) is 30.1 Å². The topological polar surface area (TPSA) is 58.1 Å². The Kier molecular flexibility index (Phi) is 7.84. The summed E-state index contributed by atoms with van der Waals surface area (Å²) in [4.78, 5) is 8.57. The van der Waals surface area contributed by atoms with Gasteiger partial charge >= 0.3 is 0 Å². The second-order valence-corrected chi connectivity index (χ2v) is 10.4. The van der Waals surface area contributed by atoms with Crippen LogP contribution in [0, 0.1) is 11.3 Å². The third-order valence-corrected chi connectivity index (χ3v) is 8.82. The second-order valence-electron chi connectivity index (χ2n) is 9.47. The van der Waals surface area contributed by atoms with E-state index in [1.807, 2.05) is 18.4 Å². The number of nitrogens with zero attached hydrogens (tertiary/aromatic N) is 2. The summed E-state index contributed by atoms with van der Waals surface area (Å²) in [5.41, 5.74) is 0.339. The van der Waals surface area contributed by atoms with E-state index in [9.17, 15) is 0 Å². The first-order chi connectivity index (χ1) is 14.7. The molecule has 8 heteroatoms. The number of rotatable bonds is 5. The Bertz CT molecular complexity index is 740. The van der Waals surface area contributed by atoms with Gasteiger partial charge in [0.1, 0.15) is 0 Å². The fraction of sp³-hybridized carbons (Fsp3) is 0.783. The van der Waals surface area contributed by atoms with Crippen molar-refractivity contribution in [2.45, 2.75) is 63.3 Å². The first-order valence-corrected chi connectivity index (χ1v) is 12.6. The summed E-state index contributed by atoms with van der Waals surface area (Å²) in [5, 5.41) is 9.69. The van der Waals surface area contributed by atoms with Gasteiger partial charge in [0.15, 0.2) is 5.96 Å². The van der Waals surface area contributed by atoms with Gasteiger partial charge in [-0.15, -0.1) is 35.3 Å². The molecule has 5 unspecified atom stereocenters. The number of halogens is 1. The largest absolute Gasteiger partial charge is 0.377 e. The quantitative estimate of drug-likeness (QED) is 0.327. The van der Waals surface area contributed by atoms with Crippen LogP contribution in [-0.4, -0.2) is 69.0 Å². The van der Waals surface area contributed by atoms with Gasteiger partial charge in [-0.3, -0.25) is 9.89 Å². The maximum absolute atomic E-state index is 6.15. The number of thiophene rings is 1. The van der Waals surface area contributed by atoms with Gasteiger partial charge in [0.05, 0.1) is 24.9 Å². The van der Waals surface area contributed by atoms with E-state index in [1.54, 1.807) is 0 Å². The summed E-state index contributed by atoms with van der Waals surface area (Å²) in [6.45, 7) is 6.72. The van der Waals surface area contributed by atoms with Gasteiger partial charge in [0.2, 0.25) is 0 Å². The molecule has 174 valence electrons. The van der Waals surface area contributed by atoms with Crippen LogP contribution in [-0.2, 0) is 9.47 Å². The van der Waals surface area contributed by atoms with E-state index in [0.717, 1.165) is 38.8 Å². The number of nitrogens with one attached hydrogen (secondary N) is 2. The molecule has 3 heterocycles. The van der Waals surface area contributed by atoms with Gasteiger partial charge in [-0.1, -0.05) is 18.9 Å². The first-order valence-electron chi connectivity index (χ1n) is 11.7. The Hall–Kier alpha value is -0.420. The van der Waals surface area contributed by atoms with Crippen LogP contribution in [0.4, 0.5) is 0 Å². The van der Waals surface area contributed by atoms with E-state index in [1.165, 1.54) is 37.0 Å². The molecule has 6 nitrogen and oxygen atoms in total. The minimum Gasteiger partial charge on any atom is -0.377 e. The summed E-state index contributed by atoms with van der Waals surface area (Å²) >= 11 is 1.84. The van der Waals surface area contributed by atoms with Crippen LogP contribution in [0.25, 0.3) is 0 Å². The van der Waals surface area contributed by atoms with Crippen molar-refractivity contribution in [2.24, 2.45) is 16.3 Å². The number of hydrogen-bond acceptors (Lipinski definition) is 5. The summed E-state index contributed by atoms with van der Waals surface area (Å²) in [6, 6.07) is 5.26. The Morgan fingerprint density at radius 1 is 1.32 bits per heavy atom. The lowest BCUT2D eigenvalue weighted by atomic mass is 9.54. The Labute approximate surface area is 207 Å². The zero-order valence-electron chi connectivity index (χ0n) is 18.7. The lowest BCUT2D eigenvalue weighted by molar-refractivity contribution is -0.125. The Morgan fingerprint density at radius 2 is 2.16 bits per heavy atom. The molecule has 0 aromatic carbocycles. The first kappa shape index (κ1) is 23.7. The molecule has 1 aromatic rings. The van der Waals surface area contributed by atoms with Gasteiger partial charge in [-0.05, 0) is 37.6 Å². The lowest BCUT2D eigenvalue weighted by Gasteiger charge is -2.57. The summed E-state index contributed by atoms with van der Waals surface area (Å²) in [6.07, 6.45) is 7.22. The molecular formula is C23H37IN4O2S. The molecule has 5 atom stereocenters. The van der Waals surface area contributed by atoms with E-state index in [0.29, 0.717) is 29.5 Å². The summed E-state index contributed by atoms with van der Waals surface area (Å²) < 4.78 is 11.9. The average molecular weight is 561 g/mol. The van der Waals surface area contributed by atoms with Crippen molar-refractivity contribution in [3.05, 3.63) is 22.4 Å². The maximum Gasteiger partial charge on any atom is 0.191 e. The number of morpholine rings is 1. The zero-order chi connectivity index (χ0) is 20.6. The molecule has 2 aliphatic heterocycles. The molecule has 2 N–H and O–H groups in total. The smallest absolute Gasteiger partial charge is 0.191 e. The van der Waals surface area contributed by atoms with Crippen LogP contribution in [0.3, 0.4) is 0 Å². The highest BCUT2D eigenvalue weighted by Gasteiger charge is 2.65. The van der Waals surface area contributed by atoms with E-state index >= 15 is 0 Å². The summed E-state index contributed by atoms with van der Waals surface area (Å²) in [7, 11) is 1.90. The van der Waals surface area contributed by atoms with Crippen LogP contribution < -0.4 is 10.6 Å². The monoisotopic (exact) mass is 560 g/mol. The van der Waals surface area contributed by atoms with Crippen LogP contribution in [0.15, 0.2) is 22.5 Å². The molecule has 0 radical (unpaired) electrons. The minimum atomic E-state index is 0. The zero-order valence-corrected chi connectivity index (χ0v) is 21.9. The van der Waals surface area contributed by atoms with E-state index in [2.05, 4.69) is 45.0 Å². The molecule has 31 heavy (non-hydrogen) atoms. The third kappa shape index (κ3) is 4.52. The molecule has 0 amide bonds. The van der Waals surface area contributed by atoms with Crippen molar-refractivity contribution in [1.82, 2.24) is 15.5 Å². The van der Waals surface area contributed by atoms with Gasteiger partial charge < -0.3 is 20.1 Å². The van der Waals surface area contributed by atoms with Gasteiger partial charge in [-0.2, -0.15) is 0 Å². The van der Waals surface area contributed by atoms with Crippen molar-refractivity contribution >= 4 is 41.3 Å². The van der Waals surface area contributed by atoms with Crippen LogP contribution in [0.5, 0.6) is 0 Å². The normalized spacial score (nSPS) is 33.4. The minimum absolute atomic E-state index is 0. The number of hydrogen-bond donors (Lipinski definition) is 2. The van der Waals surface area contributed by atoms with Crippen molar-refractivity contribution in [1.29, 1.82) is 0 Å². The molecule has 0 bridgehead atoms. The predicted molar refractivity (Wildman–Crippen MR) is 136 cm³/mol. The standard InChI is InChI=1S/C23H36N4O2S.HI/c1-16-15-27(10-12-28-16)18(19-6-5-13-30-19)14-25-22(24-2)26-20-17-7-11-29-21(17)23(20)8-3-4-9-23;/h5-6,13,16-18,20-21H,3-4,7-12,14-15H2,1-2H3,(H2,24,25,26);1H. The molecule has 2 saturated carbocycles. The molecule has 1 spiro atoms. The van der Waals surface area contributed by atoms with Crippen molar-refractivity contribution in [2.75, 3.05) is 39.9 Å². The van der Waals surface area contributed by atoms with Crippen LogP contribution in [0.2, 0.25) is 0 Å². The molecule has 2 aliphatic carbocycles. The highest BCUT2D eigenvalue weighted by atomic mass is 127. The predicted octanol–water partition coefficient (Wildman–Crippen LogP) is 3.64. The van der Waals surface area contributed by atoms with Crippen molar-refractivity contribution in [3.63, 3.8) is 0 Å². The van der Waals surface area contributed by atoms with Crippen LogP contribution >= 0.6 is 35.3 Å². The molecule has 4 fully saturated rings. The number of ether oxygens (including phenoxy) is 2. The van der Waals surface area contributed by atoms with Gasteiger partial charge in [-0.25, -0.2) is 0 Å². The molecular weight excluding hydrogens is 523 g/mol. The highest BCUT2D eigenvalue weighted by molar-refractivity contribution is 14.0. The summed E-state index contributed by atoms with van der Waals surface area (Å²) in [5.74, 6) is 1.59. The Morgan fingerprint density at radius 3 is 2.87 bits per heavy atom. The van der Waals surface area contributed by atoms with Gasteiger partial charge in [0, 0.05) is 55.5 Å². The third-order valence-electron chi connectivity index (χ3n) is 7.85. The van der Waals surface area contributed by atoms with E-state index < -0.39 is 0 Å². The fourth-order valence-corrected chi connectivity index (χ4v) is 7.32. The van der Waals surface area contributed by atoms with Crippen LogP contribution in [0.1, 0.15) is 49.9 Å². The number of aliphatic imine (C=N–C) groups is 1. The van der Waals surface area contributed by atoms with Gasteiger partial charge in [0.25, 0.3) is 0 Å². The maximum atomic E-state index is 6.15. The van der Waals surface area contributed by atoms with Crippen molar-refractivity contribution in [3.8, 4) is 0 Å². The lowest BCUT2D eigenvalue weighted by Crippen LogP contribution is -2.69. The SMILES string of the molecule is CN=C(NCC(c1cccs1)N1CCOC(C)C1)NC1C2CCOC2C12CCCC2.I. The second kappa shape index (κ2) is 10.2. The molecule has 5 rings (SSSR count). The fourth-order valence-electron chi connectivity index (χ4n) is 6.46. The van der Waals surface area contributed by atoms with Crippen molar-refractivity contribution < 1.29 is 9.47 Å². The number of fused-ring (bicyclic) bond motifs is 2. The van der Waals surface area contributed by atoms with E-state index in [4.69, 9.17) is 9.47 Å². The highest BCUT2D eigenvalue weighted by Crippen LogP contribution is 2.60. The molecule has 1 aromatic heterocycles. The Balaban J connectivity index is 0.00000231. The number of guanidine groups is 1. The average Bonchev–Trinajstić information content (AvgIpc) is 3.51.